The summed E-state index contributed by atoms with van der Waals surface area (Å²) in [5.74, 6) is 0.739. The van der Waals surface area contributed by atoms with E-state index in [-0.39, 0.29) is 42.1 Å². The first-order valence-corrected chi connectivity index (χ1v) is 9.61. The zero-order valence-electron chi connectivity index (χ0n) is 15.6. The topological polar surface area (TPSA) is 97.4 Å². The average Bonchev–Trinajstić information content (AvgIpc) is 3.17. The number of rotatable bonds is 4. The first-order valence-electron chi connectivity index (χ1n) is 9.61. The minimum Gasteiger partial charge on any atom is -0.459 e. The largest absolute Gasteiger partial charge is 0.459 e. The Labute approximate surface area is 170 Å². The molecule has 6 nitrogen and oxygen atoms in total. The molecule has 2 amide bonds. The van der Waals surface area contributed by atoms with E-state index in [1.807, 2.05) is 0 Å². The molecule has 0 saturated heterocycles. The van der Waals surface area contributed by atoms with E-state index in [0.29, 0.717) is 23.1 Å². The third-order valence-electron chi connectivity index (χ3n) is 5.80. The first-order chi connectivity index (χ1) is 13.1. The highest BCUT2D eigenvalue weighted by Gasteiger charge is 2.39. The summed E-state index contributed by atoms with van der Waals surface area (Å²) in [5, 5.41) is 6.00. The van der Waals surface area contributed by atoms with E-state index in [1.54, 1.807) is 36.4 Å². The van der Waals surface area contributed by atoms with Gasteiger partial charge in [0.2, 0.25) is 0 Å². The van der Waals surface area contributed by atoms with Crippen molar-refractivity contribution in [2.45, 2.75) is 44.2 Å². The van der Waals surface area contributed by atoms with Crippen LogP contribution in [0.3, 0.4) is 0 Å². The summed E-state index contributed by atoms with van der Waals surface area (Å²) >= 11 is 0. The van der Waals surface area contributed by atoms with Crippen LogP contribution in [0.5, 0.6) is 0 Å². The molecule has 2 fully saturated rings. The van der Waals surface area contributed by atoms with Gasteiger partial charge in [0.1, 0.15) is 0 Å². The van der Waals surface area contributed by atoms with Gasteiger partial charge in [-0.05, 0) is 67.9 Å². The molecule has 4 N–H and O–H groups in total. The summed E-state index contributed by atoms with van der Waals surface area (Å²) in [5.41, 5.74) is 7.28. The van der Waals surface area contributed by atoms with Crippen LogP contribution in [0.15, 0.2) is 47.1 Å². The molecule has 2 aliphatic carbocycles. The number of nitrogens with two attached hydrogens (primary N) is 1. The molecule has 2 bridgehead atoms. The molecule has 28 heavy (non-hydrogen) atoms. The lowest BCUT2D eigenvalue weighted by molar-refractivity contribution is 0.0756. The van der Waals surface area contributed by atoms with E-state index in [0.717, 1.165) is 25.7 Å². The minimum atomic E-state index is -0.339. The summed E-state index contributed by atoms with van der Waals surface area (Å²) in [6, 6.07) is 10.7. The molecule has 1 aromatic heterocycles. The molecular weight excluding hydrogens is 378 g/mol. The van der Waals surface area contributed by atoms with Gasteiger partial charge in [-0.3, -0.25) is 9.59 Å². The summed E-state index contributed by atoms with van der Waals surface area (Å²) in [6.07, 6.45) is 6.92. The number of hydrogen-bond acceptors (Lipinski definition) is 4. The highest BCUT2D eigenvalue weighted by molar-refractivity contribution is 6.03. The van der Waals surface area contributed by atoms with Gasteiger partial charge in [0.05, 0.1) is 6.26 Å². The lowest BCUT2D eigenvalue weighted by Gasteiger charge is -2.45. The molecule has 0 aliphatic heterocycles. The van der Waals surface area contributed by atoms with Crippen LogP contribution in [0.4, 0.5) is 5.69 Å². The number of nitrogens with one attached hydrogen (secondary N) is 2. The normalized spacial score (nSPS) is 26.0. The Bertz CT molecular complexity index is 810. The van der Waals surface area contributed by atoms with Gasteiger partial charge in [0, 0.05) is 23.3 Å². The molecule has 1 aromatic carbocycles. The Morgan fingerprint density at radius 3 is 2.46 bits per heavy atom. The summed E-state index contributed by atoms with van der Waals surface area (Å²) in [7, 11) is 0. The van der Waals surface area contributed by atoms with Crippen molar-refractivity contribution >= 4 is 29.9 Å². The van der Waals surface area contributed by atoms with E-state index in [9.17, 15) is 9.59 Å². The SMILES string of the molecule is Cl.NC1CC2CCCC(C1)C2NC(=O)c1cccc(NC(=O)c2ccco2)c1. The monoisotopic (exact) mass is 403 g/mol. The number of benzene rings is 1. The van der Waals surface area contributed by atoms with Crippen LogP contribution >= 0.6 is 12.4 Å². The first kappa shape index (κ1) is 20.4. The number of halogens is 1. The standard InChI is InChI=1S/C21H25N3O3.ClH/c22-16-10-13-4-1-5-14(11-16)19(13)24-20(25)15-6-2-7-17(12-15)23-21(26)18-8-3-9-27-18;/h2-3,6-9,12-14,16,19H,1,4-5,10-11,22H2,(H,23,26)(H,24,25);1H. The predicted molar refractivity (Wildman–Crippen MR) is 110 cm³/mol. The van der Waals surface area contributed by atoms with Gasteiger partial charge in [-0.2, -0.15) is 0 Å². The van der Waals surface area contributed by atoms with Gasteiger partial charge >= 0.3 is 0 Å². The fourth-order valence-electron chi connectivity index (χ4n) is 4.60. The molecule has 0 radical (unpaired) electrons. The van der Waals surface area contributed by atoms with Gasteiger partial charge in [-0.1, -0.05) is 12.5 Å². The molecule has 0 spiro atoms. The third-order valence-corrected chi connectivity index (χ3v) is 5.80. The number of hydrogen-bond donors (Lipinski definition) is 3. The fourth-order valence-corrected chi connectivity index (χ4v) is 4.60. The lowest BCUT2D eigenvalue weighted by Crippen LogP contribution is -2.53. The number of carbonyl (C=O) groups is 2. The van der Waals surface area contributed by atoms with E-state index in [2.05, 4.69) is 10.6 Å². The minimum absolute atomic E-state index is 0. The number of anilines is 1. The third kappa shape index (κ3) is 4.39. The van der Waals surface area contributed by atoms with Crippen molar-refractivity contribution in [1.82, 2.24) is 5.32 Å². The zero-order chi connectivity index (χ0) is 18.8. The second-order valence-corrected chi connectivity index (χ2v) is 7.69. The summed E-state index contributed by atoms with van der Waals surface area (Å²) in [6.45, 7) is 0. The van der Waals surface area contributed by atoms with Crippen molar-refractivity contribution in [3.05, 3.63) is 54.0 Å². The van der Waals surface area contributed by atoms with Crippen LogP contribution in [-0.4, -0.2) is 23.9 Å². The molecule has 2 unspecified atom stereocenters. The van der Waals surface area contributed by atoms with E-state index in [4.69, 9.17) is 10.2 Å². The molecule has 150 valence electrons. The smallest absolute Gasteiger partial charge is 0.291 e. The van der Waals surface area contributed by atoms with Crippen LogP contribution < -0.4 is 16.4 Å². The Kier molecular flexibility index (Phi) is 6.42. The summed E-state index contributed by atoms with van der Waals surface area (Å²) in [4.78, 5) is 24.9. The van der Waals surface area contributed by atoms with E-state index in [1.165, 1.54) is 12.7 Å². The van der Waals surface area contributed by atoms with Gasteiger partial charge in [-0.25, -0.2) is 0 Å². The van der Waals surface area contributed by atoms with Crippen molar-refractivity contribution in [3.8, 4) is 0 Å². The number of furan rings is 1. The Morgan fingerprint density at radius 2 is 1.79 bits per heavy atom. The highest BCUT2D eigenvalue weighted by atomic mass is 35.5. The lowest BCUT2D eigenvalue weighted by atomic mass is 9.67. The van der Waals surface area contributed by atoms with Crippen LogP contribution in [0.1, 0.15) is 53.0 Å². The molecule has 4 rings (SSSR count). The number of fused-ring (bicyclic) bond motifs is 2. The predicted octanol–water partition coefficient (Wildman–Crippen LogP) is 3.59. The number of carbonyl (C=O) groups excluding carboxylic acids is 2. The maximum Gasteiger partial charge on any atom is 0.291 e. The van der Waals surface area contributed by atoms with Crippen molar-refractivity contribution in [3.63, 3.8) is 0 Å². The Balaban J connectivity index is 0.00000225. The van der Waals surface area contributed by atoms with Gasteiger partial charge in [-0.15, -0.1) is 12.4 Å². The molecule has 2 atom stereocenters. The van der Waals surface area contributed by atoms with E-state index >= 15 is 0 Å². The molecule has 1 heterocycles. The fraction of sp³-hybridized carbons (Fsp3) is 0.429. The van der Waals surface area contributed by atoms with Crippen molar-refractivity contribution in [2.75, 3.05) is 5.32 Å². The molecule has 7 heteroatoms. The van der Waals surface area contributed by atoms with Crippen LogP contribution in [0.2, 0.25) is 0 Å². The Hall–Kier alpha value is -2.31. The molecule has 2 aromatic rings. The second kappa shape index (κ2) is 8.80. The molecule has 2 saturated carbocycles. The van der Waals surface area contributed by atoms with Crippen molar-refractivity contribution < 1.29 is 14.0 Å². The van der Waals surface area contributed by atoms with E-state index < -0.39 is 0 Å². The molecular formula is C21H26ClN3O3. The maximum atomic E-state index is 12.8. The zero-order valence-corrected chi connectivity index (χ0v) is 16.4. The second-order valence-electron chi connectivity index (χ2n) is 7.69. The Morgan fingerprint density at radius 1 is 1.04 bits per heavy atom. The van der Waals surface area contributed by atoms with Crippen molar-refractivity contribution in [1.29, 1.82) is 0 Å². The van der Waals surface area contributed by atoms with Gasteiger partial charge in [0.25, 0.3) is 11.8 Å². The van der Waals surface area contributed by atoms with Crippen LogP contribution in [-0.2, 0) is 0 Å². The quantitative estimate of drug-likeness (QED) is 0.726. The van der Waals surface area contributed by atoms with Crippen molar-refractivity contribution in [2.24, 2.45) is 17.6 Å². The van der Waals surface area contributed by atoms with Crippen LogP contribution in [0, 0.1) is 11.8 Å². The maximum absolute atomic E-state index is 12.8. The van der Waals surface area contributed by atoms with Crippen LogP contribution in [0.25, 0.3) is 0 Å². The average molecular weight is 404 g/mol. The highest BCUT2D eigenvalue weighted by Crippen LogP contribution is 2.39. The summed E-state index contributed by atoms with van der Waals surface area (Å²) < 4.78 is 5.10. The van der Waals surface area contributed by atoms with Gasteiger partial charge in [0.15, 0.2) is 5.76 Å². The van der Waals surface area contributed by atoms with Gasteiger partial charge < -0.3 is 20.8 Å². The molecule has 2 aliphatic rings. The number of amides is 2.